The maximum atomic E-state index is 12.7. The smallest absolute Gasteiger partial charge is 0.326 e. The van der Waals surface area contributed by atoms with Gasteiger partial charge in [0.1, 0.15) is 6.04 Å². The number of aliphatic carboxylic acids is 1. The van der Waals surface area contributed by atoms with E-state index in [9.17, 15) is 14.7 Å². The first-order valence-corrected chi connectivity index (χ1v) is 12.9. The Bertz CT molecular complexity index is 1420. The highest BCUT2D eigenvalue weighted by molar-refractivity contribution is 5.96. The third kappa shape index (κ3) is 7.10. The van der Waals surface area contributed by atoms with Crippen molar-refractivity contribution in [3.63, 3.8) is 0 Å². The highest BCUT2D eigenvalue weighted by Crippen LogP contribution is 2.25. The Morgan fingerprint density at radius 3 is 2.08 bits per heavy atom. The van der Waals surface area contributed by atoms with E-state index in [0.717, 1.165) is 27.9 Å². The van der Waals surface area contributed by atoms with Crippen LogP contribution in [0.15, 0.2) is 77.3 Å². The normalized spacial score (nSPS) is 12.3. The summed E-state index contributed by atoms with van der Waals surface area (Å²) in [5.41, 5.74) is 4.80. The van der Waals surface area contributed by atoms with Crippen molar-refractivity contribution in [3.05, 3.63) is 89.5 Å². The summed E-state index contributed by atoms with van der Waals surface area (Å²) in [4.78, 5) is 29.1. The third-order valence-corrected chi connectivity index (χ3v) is 6.28. The van der Waals surface area contributed by atoms with Crippen LogP contribution >= 0.6 is 0 Å². The number of hydrogen-bond donors (Lipinski definition) is 3. The molecule has 0 bridgehead atoms. The van der Waals surface area contributed by atoms with Gasteiger partial charge in [0, 0.05) is 34.8 Å². The average molecular weight is 527 g/mol. The number of benzene rings is 3. The van der Waals surface area contributed by atoms with Crippen molar-refractivity contribution in [2.45, 2.75) is 58.5 Å². The predicted octanol–water partition coefficient (Wildman–Crippen LogP) is 5.95. The van der Waals surface area contributed by atoms with Crippen LogP contribution in [0.3, 0.4) is 0 Å². The molecule has 1 heterocycles. The number of carboxylic acids is 1. The number of hydrogen-bond acceptors (Lipinski definition) is 6. The number of carbonyl (C=O) groups excluding carboxylic acids is 1. The highest BCUT2D eigenvalue weighted by atomic mass is 16.5. The molecule has 0 spiro atoms. The summed E-state index contributed by atoms with van der Waals surface area (Å²) >= 11 is 0. The Labute approximate surface area is 228 Å². The van der Waals surface area contributed by atoms with Gasteiger partial charge in [-0.25, -0.2) is 4.79 Å². The van der Waals surface area contributed by atoms with Gasteiger partial charge < -0.3 is 20.3 Å². The van der Waals surface area contributed by atoms with Crippen LogP contribution in [0.2, 0.25) is 0 Å². The van der Waals surface area contributed by atoms with E-state index in [0.29, 0.717) is 23.3 Å². The van der Waals surface area contributed by atoms with Gasteiger partial charge in [-0.05, 0) is 66.8 Å². The van der Waals surface area contributed by atoms with Gasteiger partial charge in [0.25, 0.3) is 11.8 Å². The zero-order valence-electron chi connectivity index (χ0n) is 22.9. The number of nitrogens with one attached hydrogen (secondary N) is 2. The highest BCUT2D eigenvalue weighted by Gasteiger charge is 2.22. The van der Waals surface area contributed by atoms with Gasteiger partial charge in [0.2, 0.25) is 5.82 Å². The number of rotatable bonds is 9. The van der Waals surface area contributed by atoms with Crippen LogP contribution in [0.5, 0.6) is 0 Å². The Kier molecular flexibility index (Phi) is 8.14. The van der Waals surface area contributed by atoms with Crippen molar-refractivity contribution in [2.75, 3.05) is 5.32 Å². The molecule has 1 aromatic heterocycles. The number of carbonyl (C=O) groups is 2. The molecular formula is C31H34N4O4. The number of amides is 1. The Balaban J connectivity index is 1.41. The molecule has 0 aliphatic heterocycles. The topological polar surface area (TPSA) is 117 Å². The summed E-state index contributed by atoms with van der Waals surface area (Å²) in [5.74, 6) is -0.680. The second kappa shape index (κ2) is 11.5. The molecule has 39 heavy (non-hydrogen) atoms. The van der Waals surface area contributed by atoms with E-state index in [2.05, 4.69) is 55.4 Å². The van der Waals surface area contributed by atoms with Crippen molar-refractivity contribution in [1.82, 2.24) is 15.5 Å². The molecule has 0 saturated carbocycles. The first-order chi connectivity index (χ1) is 18.5. The first-order valence-electron chi connectivity index (χ1n) is 12.9. The van der Waals surface area contributed by atoms with Gasteiger partial charge in [-0.2, -0.15) is 4.98 Å². The zero-order valence-corrected chi connectivity index (χ0v) is 22.9. The lowest BCUT2D eigenvalue weighted by molar-refractivity contribution is -0.139. The Morgan fingerprint density at radius 1 is 0.897 bits per heavy atom. The number of anilines is 1. The van der Waals surface area contributed by atoms with Crippen molar-refractivity contribution in [2.24, 2.45) is 0 Å². The van der Waals surface area contributed by atoms with Crippen LogP contribution in [0.4, 0.5) is 5.69 Å². The second-order valence-corrected chi connectivity index (χ2v) is 10.9. The molecule has 3 N–H and O–H groups in total. The first kappa shape index (κ1) is 27.6. The van der Waals surface area contributed by atoms with Gasteiger partial charge in [-0.1, -0.05) is 62.3 Å². The van der Waals surface area contributed by atoms with E-state index < -0.39 is 17.9 Å². The minimum atomic E-state index is -1.10. The summed E-state index contributed by atoms with van der Waals surface area (Å²) in [6.07, 6.45) is 0.135. The third-order valence-electron chi connectivity index (χ3n) is 6.28. The lowest BCUT2D eigenvalue weighted by Crippen LogP contribution is -2.42. The lowest BCUT2D eigenvalue weighted by atomic mass is 9.86. The van der Waals surface area contributed by atoms with Gasteiger partial charge in [0.15, 0.2) is 0 Å². The molecule has 0 aliphatic rings. The summed E-state index contributed by atoms with van der Waals surface area (Å²) < 4.78 is 5.46. The van der Waals surface area contributed by atoms with Crippen LogP contribution in [0, 0.1) is 0 Å². The van der Waals surface area contributed by atoms with E-state index >= 15 is 0 Å². The Hall–Kier alpha value is -4.46. The van der Waals surface area contributed by atoms with Crippen molar-refractivity contribution in [3.8, 4) is 22.8 Å². The molecule has 1 amide bonds. The van der Waals surface area contributed by atoms with E-state index in [1.807, 2.05) is 48.5 Å². The molecule has 0 aliphatic carbocycles. The molecule has 3 aromatic carbocycles. The SMILES string of the molecule is CC(C)Nc1ccc(-c2nc(-c3ccc(CC(NC(=O)c4ccc(C(C)(C)C)cc4)C(=O)O)cc3)no2)cc1. The molecule has 8 heteroatoms. The van der Waals surface area contributed by atoms with Crippen LogP contribution in [-0.2, 0) is 16.6 Å². The Morgan fingerprint density at radius 2 is 1.51 bits per heavy atom. The van der Waals surface area contributed by atoms with Crippen LogP contribution in [0.25, 0.3) is 22.8 Å². The molecule has 0 fully saturated rings. The molecule has 8 nitrogen and oxygen atoms in total. The number of carboxylic acid groups (broad SMARTS) is 1. The molecule has 4 aromatic rings. The average Bonchev–Trinajstić information content (AvgIpc) is 3.38. The van der Waals surface area contributed by atoms with E-state index in [4.69, 9.17) is 4.52 Å². The van der Waals surface area contributed by atoms with Crippen molar-refractivity contribution < 1.29 is 19.2 Å². The lowest BCUT2D eigenvalue weighted by Gasteiger charge is -2.19. The predicted molar refractivity (Wildman–Crippen MR) is 152 cm³/mol. The van der Waals surface area contributed by atoms with Crippen molar-refractivity contribution >= 4 is 17.6 Å². The molecule has 1 unspecified atom stereocenters. The fourth-order valence-corrected chi connectivity index (χ4v) is 4.09. The summed E-state index contributed by atoms with van der Waals surface area (Å²) in [7, 11) is 0. The van der Waals surface area contributed by atoms with Crippen LogP contribution in [-0.4, -0.2) is 39.2 Å². The number of nitrogens with zero attached hydrogens (tertiary/aromatic N) is 2. The summed E-state index contributed by atoms with van der Waals surface area (Å²) in [6.45, 7) is 10.4. The van der Waals surface area contributed by atoms with Crippen molar-refractivity contribution in [1.29, 1.82) is 0 Å². The van der Waals surface area contributed by atoms with Gasteiger partial charge in [0.05, 0.1) is 0 Å². The molecule has 1 atom stereocenters. The molecule has 4 rings (SSSR count). The van der Waals surface area contributed by atoms with E-state index in [-0.39, 0.29) is 11.8 Å². The van der Waals surface area contributed by atoms with Gasteiger partial charge >= 0.3 is 5.97 Å². The van der Waals surface area contributed by atoms with Gasteiger partial charge in [-0.3, -0.25) is 4.79 Å². The summed E-state index contributed by atoms with van der Waals surface area (Å²) in [5, 5.41) is 19.8. The monoisotopic (exact) mass is 526 g/mol. The maximum absolute atomic E-state index is 12.7. The summed E-state index contributed by atoms with van der Waals surface area (Å²) in [6, 6.07) is 21.5. The second-order valence-electron chi connectivity index (χ2n) is 10.9. The fraction of sp³-hybridized carbons (Fsp3) is 0.290. The van der Waals surface area contributed by atoms with Crippen LogP contribution < -0.4 is 10.6 Å². The quantitative estimate of drug-likeness (QED) is 0.247. The standard InChI is InChI=1S/C31H34N4O4/c1-19(2)32-25-16-12-23(13-17-25)29-34-27(35-39-29)21-8-6-20(7-9-21)18-26(30(37)38)33-28(36)22-10-14-24(15-11-22)31(3,4)5/h6-17,19,26,32H,18H2,1-5H3,(H,33,36)(H,37,38). The fourth-order valence-electron chi connectivity index (χ4n) is 4.09. The zero-order chi connectivity index (χ0) is 28.2. The van der Waals surface area contributed by atoms with Gasteiger partial charge in [-0.15, -0.1) is 0 Å². The minimum Gasteiger partial charge on any atom is -0.480 e. The van der Waals surface area contributed by atoms with Crippen LogP contribution in [0.1, 0.15) is 56.1 Å². The van der Waals surface area contributed by atoms with E-state index in [1.165, 1.54) is 0 Å². The van der Waals surface area contributed by atoms with E-state index in [1.54, 1.807) is 24.3 Å². The minimum absolute atomic E-state index is 0.0374. The molecule has 202 valence electrons. The number of aromatic nitrogens is 2. The molecular weight excluding hydrogens is 492 g/mol. The largest absolute Gasteiger partial charge is 0.480 e. The molecule has 0 saturated heterocycles. The molecule has 0 radical (unpaired) electrons. The maximum Gasteiger partial charge on any atom is 0.326 e.